The molecule has 4 atom stereocenters. The monoisotopic (exact) mass is 1370 g/mol. The van der Waals surface area contributed by atoms with Crippen molar-refractivity contribution in [3.8, 4) is 11.5 Å². The maximum Gasteiger partial charge on any atom is 0.416 e. The molecule has 0 bridgehead atoms. The second kappa shape index (κ2) is 36.0. The highest BCUT2D eigenvalue weighted by molar-refractivity contribution is 6.21. The van der Waals surface area contributed by atoms with Gasteiger partial charge >= 0.3 is 12.1 Å². The lowest BCUT2D eigenvalue weighted by molar-refractivity contribution is -0.137. The van der Waals surface area contributed by atoms with Gasteiger partial charge in [-0.15, -0.1) is 0 Å². The minimum Gasteiger partial charge on any atom is -0.507 e. The van der Waals surface area contributed by atoms with Gasteiger partial charge in [0.25, 0.3) is 17.7 Å². The van der Waals surface area contributed by atoms with E-state index in [1.807, 2.05) is 88.9 Å². The number of phenols is 2. The summed E-state index contributed by atoms with van der Waals surface area (Å²) in [5.74, 6) is 6.27. The summed E-state index contributed by atoms with van der Waals surface area (Å²) in [6.07, 6.45) is -2.58. The van der Waals surface area contributed by atoms with E-state index in [1.54, 1.807) is 36.4 Å². The number of carbonyl (C=O) groups is 8. The van der Waals surface area contributed by atoms with Gasteiger partial charge in [0.2, 0.25) is 23.6 Å². The van der Waals surface area contributed by atoms with Gasteiger partial charge in [-0.25, -0.2) is 4.79 Å². The van der Waals surface area contributed by atoms with Crippen LogP contribution in [-0.4, -0.2) is 139 Å². The Morgan fingerprint density at radius 2 is 0.810 bits per heavy atom. The first-order chi connectivity index (χ1) is 47.6. The van der Waals surface area contributed by atoms with Crippen molar-refractivity contribution >= 4 is 47.3 Å². The number of nitrogens with zero attached hydrogens (tertiary/aromatic N) is 5. The van der Waals surface area contributed by atoms with Gasteiger partial charge in [-0.05, 0) is 124 Å². The first kappa shape index (κ1) is 77.1. The summed E-state index contributed by atoms with van der Waals surface area (Å²) >= 11 is 0. The first-order valence-electron chi connectivity index (χ1n) is 32.9. The summed E-state index contributed by atoms with van der Waals surface area (Å²) in [7, 11) is 0. The molecule has 0 aromatic heterocycles. The Kier molecular flexibility index (Phi) is 27.8. The molecule has 24 heteroatoms. The summed E-state index contributed by atoms with van der Waals surface area (Å²) in [6.45, 7) is 17.4. The number of rotatable bonds is 16. The van der Waals surface area contributed by atoms with Gasteiger partial charge in [0.05, 0.1) is 22.3 Å². The van der Waals surface area contributed by atoms with Gasteiger partial charge in [0.15, 0.2) is 0 Å². The second-order valence-electron chi connectivity index (χ2n) is 25.8. The highest BCUT2D eigenvalue weighted by Gasteiger charge is 2.40. The molecule has 4 unspecified atom stereocenters. The van der Waals surface area contributed by atoms with Crippen LogP contribution < -0.4 is 28.5 Å². The van der Waals surface area contributed by atoms with Crippen LogP contribution in [0, 0.1) is 58.3 Å². The van der Waals surface area contributed by atoms with Crippen LogP contribution in [0.2, 0.25) is 0 Å². The zero-order valence-electron chi connectivity index (χ0n) is 56.9. The van der Waals surface area contributed by atoms with E-state index in [0.29, 0.717) is 119 Å². The van der Waals surface area contributed by atoms with Gasteiger partial charge in [-0.3, -0.25) is 50.1 Å². The van der Waals surface area contributed by atoms with E-state index in [0.717, 1.165) is 48.4 Å². The van der Waals surface area contributed by atoms with E-state index in [4.69, 9.17) is 21.7 Å². The SMILES string of the molecule is Cc1cccc(CN2CC(CN)CC2=O)c1.Cc1cccc(CN2CC(CN)CC2=O)c1.Cc1cccc(CN2CC(CN3C(=O)c4ccccc4C3=O)CC2=O)c1.Cc1cccc(CN2CC(CNC(=O)c3cc(C)ccc3O)CC2=O)c1.NN.O=C(O)c1cc(C(F)(F)F)ccc1O. The van der Waals surface area contributed by atoms with Crippen molar-refractivity contribution in [1.29, 1.82) is 0 Å². The quantitative estimate of drug-likeness (QED) is 0.0254. The number of carboxylic acid groups (broad SMARTS) is 1. The van der Waals surface area contributed by atoms with Crippen LogP contribution in [0.15, 0.2) is 158 Å². The number of hydrogen-bond acceptors (Lipinski definition) is 14. The molecule has 0 spiro atoms. The lowest BCUT2D eigenvalue weighted by atomic mass is 10.1. The Morgan fingerprint density at radius 3 is 1.18 bits per heavy atom. The second-order valence-corrected chi connectivity index (χ2v) is 25.8. The topological polar surface area (TPSA) is 330 Å². The smallest absolute Gasteiger partial charge is 0.416 e. The van der Waals surface area contributed by atoms with Crippen LogP contribution in [0.5, 0.6) is 11.5 Å². The molecule has 21 nitrogen and oxygen atoms in total. The number of hydrogen-bond donors (Lipinski definition) is 8. The maximum atomic E-state index is 12.5. The van der Waals surface area contributed by atoms with Crippen molar-refractivity contribution < 1.29 is 66.8 Å². The average Bonchev–Trinajstić information content (AvgIpc) is 1.62. The fraction of sp³-hybridized carbons (Fsp3) is 0.342. The summed E-state index contributed by atoms with van der Waals surface area (Å²) < 4.78 is 36.3. The Morgan fingerprint density at radius 1 is 0.460 bits per heavy atom. The van der Waals surface area contributed by atoms with E-state index in [1.165, 1.54) is 38.8 Å². The molecule has 5 aliphatic heterocycles. The molecule has 4 saturated heterocycles. The number of hydrazine groups is 1. The summed E-state index contributed by atoms with van der Waals surface area (Å²) in [5.41, 5.74) is 20.8. The van der Waals surface area contributed by atoms with Crippen molar-refractivity contribution in [3.05, 3.63) is 236 Å². The number of benzene rings is 7. The Bertz CT molecular complexity index is 3950. The molecule has 4 fully saturated rings. The highest BCUT2D eigenvalue weighted by atomic mass is 19.4. The fourth-order valence-electron chi connectivity index (χ4n) is 12.4. The van der Waals surface area contributed by atoms with Crippen LogP contribution in [-0.2, 0) is 51.5 Å². The first-order valence-corrected chi connectivity index (χ1v) is 32.9. The Balaban J connectivity index is 0.000000179. The van der Waals surface area contributed by atoms with Crippen molar-refractivity contribution in [2.75, 3.05) is 52.4 Å². The number of alkyl halides is 3. The third kappa shape index (κ3) is 21.9. The molecule has 0 aliphatic carbocycles. The van der Waals surface area contributed by atoms with E-state index < -0.39 is 29.0 Å². The van der Waals surface area contributed by atoms with Gasteiger partial charge in [0, 0.05) is 103 Å². The molecule has 100 heavy (non-hydrogen) atoms. The number of aromatic hydroxyl groups is 2. The maximum absolute atomic E-state index is 12.5. The van der Waals surface area contributed by atoms with Gasteiger partial charge in [-0.1, -0.05) is 143 Å². The van der Waals surface area contributed by atoms with Crippen LogP contribution in [0.3, 0.4) is 0 Å². The van der Waals surface area contributed by atoms with E-state index in [2.05, 4.69) is 79.4 Å². The van der Waals surface area contributed by atoms with Gasteiger partial charge in [0.1, 0.15) is 17.1 Å². The fourth-order valence-corrected chi connectivity index (χ4v) is 12.4. The molecule has 0 radical (unpaired) electrons. The summed E-state index contributed by atoms with van der Waals surface area (Å²) in [6, 6.07) is 46.4. The predicted molar refractivity (Wildman–Crippen MR) is 372 cm³/mol. The lowest BCUT2D eigenvalue weighted by Gasteiger charge is -2.20. The van der Waals surface area contributed by atoms with Crippen molar-refractivity contribution in [3.63, 3.8) is 0 Å². The number of carbonyl (C=O) groups excluding carboxylic acids is 7. The van der Waals surface area contributed by atoms with E-state index in [-0.39, 0.29) is 64.5 Å². The van der Waals surface area contributed by atoms with Crippen molar-refractivity contribution in [1.82, 2.24) is 29.8 Å². The summed E-state index contributed by atoms with van der Waals surface area (Å²) in [5, 5.41) is 30.0. The molecular formula is C76H89F3N10O11. The number of halogens is 3. The van der Waals surface area contributed by atoms with Crippen LogP contribution >= 0.6 is 0 Å². The van der Waals surface area contributed by atoms with Crippen molar-refractivity contribution in [2.45, 2.75) is 92.7 Å². The largest absolute Gasteiger partial charge is 0.507 e. The number of aryl methyl sites for hydroxylation is 5. The number of fused-ring (bicyclic) bond motifs is 1. The molecule has 12 N–H and O–H groups in total. The average molecular weight is 1380 g/mol. The molecule has 5 aliphatic rings. The van der Waals surface area contributed by atoms with Gasteiger partial charge in [-0.2, -0.15) is 13.2 Å². The minimum absolute atomic E-state index is 0.0190. The number of amides is 7. The molecule has 7 amide bonds. The Hall–Kier alpha value is -10.3. The van der Waals surface area contributed by atoms with Crippen LogP contribution in [0.4, 0.5) is 13.2 Å². The zero-order chi connectivity index (χ0) is 73.0. The minimum atomic E-state index is -4.61. The van der Waals surface area contributed by atoms with E-state index >= 15 is 0 Å². The van der Waals surface area contributed by atoms with Crippen molar-refractivity contribution in [2.24, 2.45) is 46.8 Å². The number of phenolic OH excluding ortho intramolecular Hbond substituents is 1. The Labute approximate surface area is 580 Å². The number of nitrogens with one attached hydrogen (secondary N) is 1. The summed E-state index contributed by atoms with van der Waals surface area (Å²) in [4.78, 5) is 104. The third-order valence-electron chi connectivity index (χ3n) is 17.5. The highest BCUT2D eigenvalue weighted by Crippen LogP contribution is 2.33. The number of nitrogens with two attached hydrogens (primary N) is 4. The molecule has 530 valence electrons. The zero-order valence-corrected chi connectivity index (χ0v) is 56.9. The molecule has 0 saturated carbocycles. The molecule has 7 aromatic rings. The molecule has 5 heterocycles. The van der Waals surface area contributed by atoms with Gasteiger partial charge < -0.3 is 51.7 Å². The predicted octanol–water partition coefficient (Wildman–Crippen LogP) is 8.96. The normalized spacial score (nSPS) is 17.6. The van der Waals surface area contributed by atoms with Crippen LogP contribution in [0.1, 0.15) is 123 Å². The van der Waals surface area contributed by atoms with Crippen LogP contribution in [0.25, 0.3) is 0 Å². The molecule has 12 rings (SSSR count). The number of carboxylic acids is 1. The molecule has 7 aromatic carbocycles. The number of aromatic carboxylic acids is 1. The lowest BCUT2D eigenvalue weighted by Crippen LogP contribution is -2.35. The third-order valence-corrected chi connectivity index (χ3v) is 17.5. The molecular weight excluding hydrogens is 1290 g/mol. The number of likely N-dealkylation sites (tertiary alicyclic amines) is 4. The number of imide groups is 1. The van der Waals surface area contributed by atoms with E-state index in [9.17, 15) is 56.6 Å². The standard InChI is InChI=1S/C21H20N2O3.C21H24N2O3.2C13H18N2O.C8H5F3O3.H4N2/c1-14-5-4-6-15(9-14)11-22-12-16(10-19(22)24)13-23-20(25)17-7-2-3-8-18(17)21(23)26;1-14-4-3-5-16(8-14)12-23-13-17(10-20(23)25)11-22-21(26)18-9-15(2)6-7-19(18)24;2*1-10-3-2-4-11(5-10)8-15-9-12(7-14)6-13(15)16;9-8(10,11)4-1-2-6(12)5(3-4)7(13)14;1-2/h2-9,16H,10-13H2,1H3;3-9,17,24H,10-13H2,1-2H3,(H,22,26);2*2-5,12H,6-9,14H2,1H3;1-3,12H,(H,13,14);1-2H2.